The fraction of sp³-hybridized carbons (Fsp3) is 0.143. The van der Waals surface area contributed by atoms with Crippen molar-refractivity contribution < 1.29 is 0 Å². The maximum Gasteiger partial charge on any atom is 0.152 e. The van der Waals surface area contributed by atoms with Gasteiger partial charge in [-0.3, -0.25) is 0 Å². The Morgan fingerprint density at radius 1 is 1.58 bits per heavy atom. The lowest BCUT2D eigenvalue weighted by molar-refractivity contribution is 0.905. The summed E-state index contributed by atoms with van der Waals surface area (Å²) in [5.41, 5.74) is 7.60. The summed E-state index contributed by atoms with van der Waals surface area (Å²) in [7, 11) is 0. The summed E-state index contributed by atoms with van der Waals surface area (Å²) in [6.07, 6.45) is 3.34. The standard InChI is InChI=1S/C7H7BrN4/c1-4-2-12-6(5(4)8)7(9)10-3-11-12/h2-3H,1H3,(H2,9,10,11). The molecule has 0 bridgehead atoms. The number of aryl methyl sites for hydroxylation is 1. The normalized spacial score (nSPS) is 10.8. The average molecular weight is 227 g/mol. The molecule has 0 aliphatic carbocycles. The number of halogens is 1. The van der Waals surface area contributed by atoms with Crippen molar-refractivity contribution in [3.63, 3.8) is 0 Å². The second kappa shape index (κ2) is 2.45. The number of anilines is 1. The van der Waals surface area contributed by atoms with Crippen LogP contribution in [-0.4, -0.2) is 14.6 Å². The van der Waals surface area contributed by atoms with E-state index in [2.05, 4.69) is 26.0 Å². The number of nitrogens with two attached hydrogens (primary N) is 1. The zero-order chi connectivity index (χ0) is 8.72. The van der Waals surface area contributed by atoms with Crippen molar-refractivity contribution in [1.29, 1.82) is 0 Å². The van der Waals surface area contributed by atoms with E-state index in [-0.39, 0.29) is 0 Å². The molecule has 62 valence electrons. The Hall–Kier alpha value is -1.10. The molecule has 0 aromatic carbocycles. The fourth-order valence-electron chi connectivity index (χ4n) is 1.12. The molecule has 0 fully saturated rings. The van der Waals surface area contributed by atoms with Gasteiger partial charge in [-0.05, 0) is 28.4 Å². The third kappa shape index (κ3) is 0.896. The van der Waals surface area contributed by atoms with Crippen molar-refractivity contribution >= 4 is 27.3 Å². The van der Waals surface area contributed by atoms with E-state index in [9.17, 15) is 0 Å². The Morgan fingerprint density at radius 2 is 2.33 bits per heavy atom. The highest BCUT2D eigenvalue weighted by atomic mass is 79.9. The molecule has 0 amide bonds. The van der Waals surface area contributed by atoms with E-state index >= 15 is 0 Å². The molecule has 2 N–H and O–H groups in total. The van der Waals surface area contributed by atoms with Gasteiger partial charge < -0.3 is 5.73 Å². The molecule has 0 saturated heterocycles. The van der Waals surface area contributed by atoms with Crippen molar-refractivity contribution in [3.8, 4) is 0 Å². The second-order valence-corrected chi connectivity index (χ2v) is 3.36. The maximum absolute atomic E-state index is 5.67. The van der Waals surface area contributed by atoms with Crippen LogP contribution >= 0.6 is 15.9 Å². The molecule has 2 aromatic heterocycles. The van der Waals surface area contributed by atoms with Crippen molar-refractivity contribution in [3.05, 3.63) is 22.6 Å². The number of hydrogen-bond acceptors (Lipinski definition) is 3. The van der Waals surface area contributed by atoms with Gasteiger partial charge in [0.05, 0.1) is 4.47 Å². The highest BCUT2D eigenvalue weighted by Gasteiger charge is 2.07. The molecule has 12 heavy (non-hydrogen) atoms. The first-order chi connectivity index (χ1) is 5.70. The zero-order valence-electron chi connectivity index (χ0n) is 6.45. The van der Waals surface area contributed by atoms with Crippen LogP contribution in [0, 0.1) is 6.92 Å². The van der Waals surface area contributed by atoms with Crippen LogP contribution in [0.2, 0.25) is 0 Å². The van der Waals surface area contributed by atoms with Crippen LogP contribution in [-0.2, 0) is 0 Å². The molecular weight excluding hydrogens is 220 g/mol. The Labute approximate surface area is 77.5 Å². The van der Waals surface area contributed by atoms with Gasteiger partial charge in [0.2, 0.25) is 0 Å². The van der Waals surface area contributed by atoms with E-state index in [0.717, 1.165) is 15.6 Å². The van der Waals surface area contributed by atoms with E-state index in [0.29, 0.717) is 5.82 Å². The van der Waals surface area contributed by atoms with Gasteiger partial charge in [-0.2, -0.15) is 5.10 Å². The minimum absolute atomic E-state index is 0.491. The Balaban J connectivity index is 2.97. The topological polar surface area (TPSA) is 56.2 Å². The van der Waals surface area contributed by atoms with E-state index in [4.69, 9.17) is 5.73 Å². The number of nitrogen functional groups attached to an aromatic ring is 1. The van der Waals surface area contributed by atoms with Gasteiger partial charge in [0.15, 0.2) is 5.82 Å². The van der Waals surface area contributed by atoms with Crippen molar-refractivity contribution in [2.75, 3.05) is 5.73 Å². The molecule has 5 heteroatoms. The minimum atomic E-state index is 0.491. The molecule has 0 radical (unpaired) electrons. The van der Waals surface area contributed by atoms with E-state index < -0.39 is 0 Å². The maximum atomic E-state index is 5.67. The number of fused-ring (bicyclic) bond motifs is 1. The number of hydrogen-bond donors (Lipinski definition) is 1. The molecule has 2 heterocycles. The van der Waals surface area contributed by atoms with Crippen LogP contribution in [0.1, 0.15) is 5.56 Å². The monoisotopic (exact) mass is 226 g/mol. The molecule has 0 unspecified atom stereocenters. The molecule has 0 aliphatic heterocycles. The third-order valence-corrected chi connectivity index (χ3v) is 2.72. The molecule has 0 aliphatic rings. The van der Waals surface area contributed by atoms with Crippen LogP contribution in [0.25, 0.3) is 5.52 Å². The summed E-state index contributed by atoms with van der Waals surface area (Å²) in [5, 5.41) is 4.02. The molecule has 4 nitrogen and oxygen atoms in total. The van der Waals surface area contributed by atoms with Crippen molar-refractivity contribution in [1.82, 2.24) is 14.6 Å². The zero-order valence-corrected chi connectivity index (χ0v) is 8.04. The molecule has 0 spiro atoms. The summed E-state index contributed by atoms with van der Waals surface area (Å²) in [6, 6.07) is 0. The quantitative estimate of drug-likeness (QED) is 0.739. The summed E-state index contributed by atoms with van der Waals surface area (Å²) in [4.78, 5) is 3.90. The third-order valence-electron chi connectivity index (χ3n) is 1.71. The van der Waals surface area contributed by atoms with Crippen LogP contribution in [0.4, 0.5) is 5.82 Å². The first-order valence-corrected chi connectivity index (χ1v) is 4.23. The SMILES string of the molecule is Cc1cn2ncnc(N)c2c1Br. The predicted octanol–water partition coefficient (Wildman–Crippen LogP) is 1.38. The summed E-state index contributed by atoms with van der Waals surface area (Å²) in [5.74, 6) is 0.491. The van der Waals surface area contributed by atoms with Gasteiger partial charge in [0, 0.05) is 6.20 Å². The van der Waals surface area contributed by atoms with Crippen LogP contribution in [0.3, 0.4) is 0 Å². The highest BCUT2D eigenvalue weighted by molar-refractivity contribution is 9.10. The van der Waals surface area contributed by atoms with E-state index in [1.54, 1.807) is 4.52 Å². The minimum Gasteiger partial charge on any atom is -0.382 e. The lowest BCUT2D eigenvalue weighted by atomic mass is 10.4. The van der Waals surface area contributed by atoms with Crippen LogP contribution in [0.15, 0.2) is 17.0 Å². The summed E-state index contributed by atoms with van der Waals surface area (Å²) in [6.45, 7) is 1.98. The Kier molecular flexibility index (Phi) is 1.54. The summed E-state index contributed by atoms with van der Waals surface area (Å²) >= 11 is 3.42. The Morgan fingerprint density at radius 3 is 3.00 bits per heavy atom. The number of nitrogens with zero attached hydrogens (tertiary/aromatic N) is 3. The molecular formula is C7H7BrN4. The first-order valence-electron chi connectivity index (χ1n) is 3.44. The van der Waals surface area contributed by atoms with Gasteiger partial charge in [0.1, 0.15) is 11.8 Å². The van der Waals surface area contributed by atoms with Crippen LogP contribution in [0.5, 0.6) is 0 Å². The first kappa shape index (κ1) is 7.54. The molecule has 2 aromatic rings. The molecule has 0 saturated carbocycles. The van der Waals surface area contributed by atoms with E-state index in [1.165, 1.54) is 6.33 Å². The van der Waals surface area contributed by atoms with Gasteiger partial charge in [-0.1, -0.05) is 0 Å². The smallest absolute Gasteiger partial charge is 0.152 e. The fourth-order valence-corrected chi connectivity index (χ4v) is 1.60. The van der Waals surface area contributed by atoms with Crippen molar-refractivity contribution in [2.24, 2.45) is 0 Å². The summed E-state index contributed by atoms with van der Waals surface area (Å²) < 4.78 is 2.67. The highest BCUT2D eigenvalue weighted by Crippen LogP contribution is 2.25. The second-order valence-electron chi connectivity index (χ2n) is 2.56. The van der Waals surface area contributed by atoms with Gasteiger partial charge in [0.25, 0.3) is 0 Å². The largest absolute Gasteiger partial charge is 0.382 e. The molecule has 2 rings (SSSR count). The lowest BCUT2D eigenvalue weighted by Crippen LogP contribution is -1.97. The number of rotatable bonds is 0. The van der Waals surface area contributed by atoms with Gasteiger partial charge in [-0.25, -0.2) is 9.50 Å². The Bertz CT molecular complexity index is 434. The average Bonchev–Trinajstić information content (AvgIpc) is 2.29. The van der Waals surface area contributed by atoms with Gasteiger partial charge >= 0.3 is 0 Å². The van der Waals surface area contributed by atoms with E-state index in [1.807, 2.05) is 13.1 Å². The molecule has 0 atom stereocenters. The van der Waals surface area contributed by atoms with Crippen LogP contribution < -0.4 is 5.73 Å². The van der Waals surface area contributed by atoms with Gasteiger partial charge in [-0.15, -0.1) is 0 Å². The van der Waals surface area contributed by atoms with Crippen molar-refractivity contribution in [2.45, 2.75) is 6.92 Å². The lowest BCUT2D eigenvalue weighted by Gasteiger charge is -1.95. The predicted molar refractivity (Wildman–Crippen MR) is 49.8 cm³/mol. The number of aromatic nitrogens is 3.